The van der Waals surface area contributed by atoms with E-state index in [4.69, 9.17) is 10.2 Å². The summed E-state index contributed by atoms with van der Waals surface area (Å²) in [6.07, 6.45) is 4.98. The molecule has 0 aliphatic carbocycles. The standard InChI is InChI=1S/C16H23N3O/c1-3-16(4-2)7-9-19(10-8-16)15-18-13-11-12(17)5-6-14(13)20-15/h5-6,11H,3-4,7-10,17H2,1-2H3. The maximum absolute atomic E-state index is 5.86. The van der Waals surface area contributed by atoms with Crippen LogP contribution in [0.15, 0.2) is 22.6 Å². The van der Waals surface area contributed by atoms with Gasteiger partial charge in [-0.15, -0.1) is 0 Å². The number of hydrogen-bond donors (Lipinski definition) is 1. The molecule has 2 aromatic rings. The van der Waals surface area contributed by atoms with E-state index in [0.717, 1.165) is 35.9 Å². The van der Waals surface area contributed by atoms with Crippen molar-refractivity contribution in [2.24, 2.45) is 5.41 Å². The molecule has 1 aromatic heterocycles. The van der Waals surface area contributed by atoms with Gasteiger partial charge in [0, 0.05) is 18.8 Å². The van der Waals surface area contributed by atoms with Crippen LogP contribution in [0.25, 0.3) is 11.1 Å². The fourth-order valence-corrected chi connectivity index (χ4v) is 3.20. The Hall–Kier alpha value is -1.71. The van der Waals surface area contributed by atoms with Gasteiger partial charge in [-0.3, -0.25) is 0 Å². The van der Waals surface area contributed by atoms with Crippen LogP contribution in [0.2, 0.25) is 0 Å². The lowest BCUT2D eigenvalue weighted by Gasteiger charge is -2.40. The van der Waals surface area contributed by atoms with Gasteiger partial charge in [0.25, 0.3) is 6.01 Å². The van der Waals surface area contributed by atoms with Crippen molar-refractivity contribution in [3.63, 3.8) is 0 Å². The zero-order chi connectivity index (χ0) is 14.2. The van der Waals surface area contributed by atoms with Gasteiger partial charge in [0.15, 0.2) is 5.58 Å². The van der Waals surface area contributed by atoms with Crippen molar-refractivity contribution in [3.8, 4) is 0 Å². The minimum atomic E-state index is 0.521. The summed E-state index contributed by atoms with van der Waals surface area (Å²) in [6.45, 7) is 6.68. The summed E-state index contributed by atoms with van der Waals surface area (Å²) in [5, 5.41) is 0. The van der Waals surface area contributed by atoms with Crippen molar-refractivity contribution < 1.29 is 4.42 Å². The van der Waals surface area contributed by atoms with Crippen LogP contribution >= 0.6 is 0 Å². The zero-order valence-electron chi connectivity index (χ0n) is 12.4. The molecule has 1 aliphatic rings. The van der Waals surface area contributed by atoms with E-state index in [1.54, 1.807) is 0 Å². The Morgan fingerprint density at radius 1 is 1.25 bits per heavy atom. The number of nitrogen functional groups attached to an aromatic ring is 1. The molecule has 0 saturated carbocycles. The van der Waals surface area contributed by atoms with E-state index in [1.807, 2.05) is 18.2 Å². The minimum Gasteiger partial charge on any atom is -0.423 e. The first-order chi connectivity index (χ1) is 9.65. The second-order valence-corrected chi connectivity index (χ2v) is 5.92. The van der Waals surface area contributed by atoms with Crippen LogP contribution in [0.1, 0.15) is 39.5 Å². The molecule has 3 rings (SSSR count). The quantitative estimate of drug-likeness (QED) is 0.864. The van der Waals surface area contributed by atoms with Crippen LogP contribution in [0.3, 0.4) is 0 Å². The van der Waals surface area contributed by atoms with E-state index in [-0.39, 0.29) is 0 Å². The van der Waals surface area contributed by atoms with Crippen LogP contribution in [0, 0.1) is 5.41 Å². The van der Waals surface area contributed by atoms with E-state index in [9.17, 15) is 0 Å². The van der Waals surface area contributed by atoms with Gasteiger partial charge < -0.3 is 15.1 Å². The second-order valence-electron chi connectivity index (χ2n) is 5.92. The summed E-state index contributed by atoms with van der Waals surface area (Å²) in [4.78, 5) is 6.84. The molecule has 0 bridgehead atoms. The lowest BCUT2D eigenvalue weighted by molar-refractivity contribution is 0.196. The average Bonchev–Trinajstić information content (AvgIpc) is 2.90. The SMILES string of the molecule is CCC1(CC)CCN(c2nc3cc(N)ccc3o2)CC1. The van der Waals surface area contributed by atoms with Crippen molar-refractivity contribution in [1.82, 2.24) is 4.98 Å². The molecular formula is C16H23N3O. The Kier molecular flexibility index (Phi) is 3.32. The van der Waals surface area contributed by atoms with Crippen LogP contribution in [0.4, 0.5) is 11.7 Å². The van der Waals surface area contributed by atoms with E-state index in [1.165, 1.54) is 25.7 Å². The first-order valence-corrected chi connectivity index (χ1v) is 7.57. The highest BCUT2D eigenvalue weighted by Gasteiger charge is 2.32. The Bertz CT molecular complexity index is 591. The maximum Gasteiger partial charge on any atom is 0.298 e. The molecule has 20 heavy (non-hydrogen) atoms. The number of rotatable bonds is 3. The Morgan fingerprint density at radius 2 is 1.95 bits per heavy atom. The molecule has 108 valence electrons. The number of hydrogen-bond acceptors (Lipinski definition) is 4. The number of nitrogens with zero attached hydrogens (tertiary/aromatic N) is 2. The van der Waals surface area contributed by atoms with Gasteiger partial charge in [-0.2, -0.15) is 4.98 Å². The lowest BCUT2D eigenvalue weighted by atomic mass is 9.74. The predicted molar refractivity (Wildman–Crippen MR) is 82.9 cm³/mol. The van der Waals surface area contributed by atoms with Crippen molar-refractivity contribution >= 4 is 22.8 Å². The van der Waals surface area contributed by atoms with Gasteiger partial charge in [-0.25, -0.2) is 0 Å². The third kappa shape index (κ3) is 2.23. The Labute approximate surface area is 120 Å². The van der Waals surface area contributed by atoms with Gasteiger partial charge in [-0.05, 0) is 36.5 Å². The molecular weight excluding hydrogens is 250 g/mol. The Balaban J connectivity index is 1.79. The van der Waals surface area contributed by atoms with Crippen molar-refractivity contribution in [2.45, 2.75) is 39.5 Å². The van der Waals surface area contributed by atoms with Crippen molar-refractivity contribution in [2.75, 3.05) is 23.7 Å². The van der Waals surface area contributed by atoms with E-state index >= 15 is 0 Å². The molecule has 4 heteroatoms. The van der Waals surface area contributed by atoms with Gasteiger partial charge in [0.1, 0.15) is 5.52 Å². The number of benzene rings is 1. The van der Waals surface area contributed by atoms with Gasteiger partial charge >= 0.3 is 0 Å². The summed E-state index contributed by atoms with van der Waals surface area (Å²) in [5.74, 6) is 0. The molecule has 0 radical (unpaired) electrons. The second kappa shape index (κ2) is 5.00. The first-order valence-electron chi connectivity index (χ1n) is 7.57. The van der Waals surface area contributed by atoms with Gasteiger partial charge in [0.05, 0.1) is 0 Å². The van der Waals surface area contributed by atoms with Crippen LogP contribution < -0.4 is 10.6 Å². The molecule has 0 spiro atoms. The molecule has 1 aromatic carbocycles. The fraction of sp³-hybridized carbons (Fsp3) is 0.562. The van der Waals surface area contributed by atoms with E-state index in [0.29, 0.717) is 5.41 Å². The van der Waals surface area contributed by atoms with Crippen LogP contribution in [-0.4, -0.2) is 18.1 Å². The van der Waals surface area contributed by atoms with Crippen molar-refractivity contribution in [1.29, 1.82) is 0 Å². The first kappa shape index (κ1) is 13.3. The zero-order valence-corrected chi connectivity index (χ0v) is 12.4. The van der Waals surface area contributed by atoms with Crippen LogP contribution in [0.5, 0.6) is 0 Å². The number of nitrogens with two attached hydrogens (primary N) is 1. The smallest absolute Gasteiger partial charge is 0.298 e. The lowest BCUT2D eigenvalue weighted by Crippen LogP contribution is -2.39. The van der Waals surface area contributed by atoms with Crippen LogP contribution in [-0.2, 0) is 0 Å². The molecule has 0 atom stereocenters. The van der Waals surface area contributed by atoms with E-state index < -0.39 is 0 Å². The molecule has 0 unspecified atom stereocenters. The summed E-state index contributed by atoms with van der Waals surface area (Å²) in [6, 6.07) is 6.36. The molecule has 2 heterocycles. The highest BCUT2D eigenvalue weighted by atomic mass is 16.4. The molecule has 4 nitrogen and oxygen atoms in total. The average molecular weight is 273 g/mol. The summed E-state index contributed by atoms with van der Waals surface area (Å²) >= 11 is 0. The highest BCUT2D eigenvalue weighted by Crippen LogP contribution is 2.39. The highest BCUT2D eigenvalue weighted by molar-refractivity contribution is 5.78. The fourth-order valence-electron chi connectivity index (χ4n) is 3.20. The predicted octanol–water partition coefficient (Wildman–Crippen LogP) is 3.82. The monoisotopic (exact) mass is 273 g/mol. The third-order valence-corrected chi connectivity index (χ3v) is 4.99. The van der Waals surface area contributed by atoms with Gasteiger partial charge in [-0.1, -0.05) is 26.7 Å². The summed E-state index contributed by atoms with van der Waals surface area (Å²) in [5.41, 5.74) is 8.70. The third-order valence-electron chi connectivity index (χ3n) is 4.99. The minimum absolute atomic E-state index is 0.521. The number of anilines is 2. The maximum atomic E-state index is 5.86. The Morgan fingerprint density at radius 3 is 2.60 bits per heavy atom. The molecule has 0 amide bonds. The number of oxazole rings is 1. The number of piperidine rings is 1. The number of fused-ring (bicyclic) bond motifs is 1. The van der Waals surface area contributed by atoms with E-state index in [2.05, 4.69) is 23.7 Å². The largest absolute Gasteiger partial charge is 0.423 e. The molecule has 1 aliphatic heterocycles. The normalized spacial score (nSPS) is 18.6. The van der Waals surface area contributed by atoms with Gasteiger partial charge in [0.2, 0.25) is 0 Å². The molecule has 2 N–H and O–H groups in total. The molecule has 1 fully saturated rings. The summed E-state index contributed by atoms with van der Waals surface area (Å²) in [7, 11) is 0. The van der Waals surface area contributed by atoms with Crippen molar-refractivity contribution in [3.05, 3.63) is 18.2 Å². The molecule has 1 saturated heterocycles. The topological polar surface area (TPSA) is 55.3 Å². The summed E-state index contributed by atoms with van der Waals surface area (Å²) < 4.78 is 5.86. The number of aromatic nitrogens is 1.